The summed E-state index contributed by atoms with van der Waals surface area (Å²) >= 11 is 7.14. The molecule has 8 aromatic rings. The van der Waals surface area contributed by atoms with Gasteiger partial charge in [-0.05, 0) is 43.4 Å². The van der Waals surface area contributed by atoms with E-state index in [0.29, 0.717) is 74.3 Å². The maximum Gasteiger partial charge on any atom is 0.303 e. The SMILES string of the molecule is CC[C@H](CCC(=O)O)C(=O)Nc1csc(-c2ccc3c(n2)-c2cnc(s2)-c2csc(n2)[C@H]([C@@H](O)c2ccccc2)NC(=O)CNC(=O)c2nc(sc2COC)[C@H](C(C)C)NC(=O)c2nc(sc2C)[C@H](CC(=O)NC)NC(=O)c2csc-3n2)n1. The van der Waals surface area contributed by atoms with Crippen molar-refractivity contribution in [1.29, 1.82) is 0 Å². The molecule has 0 aliphatic carbocycles. The molecule has 432 valence electrons. The van der Waals surface area contributed by atoms with Crippen LogP contribution in [0.25, 0.3) is 42.5 Å². The number of aromatic nitrogens is 7. The molecule has 0 radical (unpaired) electrons. The molecule has 8 N–H and O–H groups in total. The van der Waals surface area contributed by atoms with Crippen LogP contribution in [0.15, 0.2) is 64.8 Å². The van der Waals surface area contributed by atoms with Gasteiger partial charge in [-0.25, -0.2) is 34.9 Å². The molecular weight excluding hydrogens is 1180 g/mol. The average Bonchev–Trinajstić information content (AvgIpc) is 4.24. The molecule has 1 aromatic carbocycles. The number of thiazole rings is 6. The third-order valence-corrected chi connectivity index (χ3v) is 19.0. The Hall–Kier alpha value is -7.64. The second-order valence-corrected chi connectivity index (χ2v) is 25.2. The number of carbonyl (C=O) groups is 7. The fraction of sp³-hybridized carbons (Fsp3) is 0.333. The van der Waals surface area contributed by atoms with Crippen LogP contribution in [0.5, 0.6) is 0 Å². The number of amides is 6. The zero-order valence-electron chi connectivity index (χ0n) is 45.3. The molecule has 6 amide bonds. The van der Waals surface area contributed by atoms with Gasteiger partial charge < -0.3 is 46.9 Å². The maximum absolute atomic E-state index is 14.3. The number of rotatable bonds is 14. The van der Waals surface area contributed by atoms with E-state index in [1.54, 1.807) is 71.7 Å². The second-order valence-electron chi connectivity index (χ2n) is 19.2. The number of nitrogens with one attached hydrogen (secondary N) is 6. The average molecular weight is 1240 g/mol. The molecule has 1 aliphatic rings. The van der Waals surface area contributed by atoms with Gasteiger partial charge in [-0.1, -0.05) is 51.1 Å². The fourth-order valence-electron chi connectivity index (χ4n) is 8.68. The lowest BCUT2D eigenvalue weighted by atomic mass is 9.99. The minimum atomic E-state index is -1.28. The van der Waals surface area contributed by atoms with Gasteiger partial charge in [-0.2, -0.15) is 0 Å². The molecule has 5 atom stereocenters. The Labute approximate surface area is 498 Å². The molecule has 0 spiro atoms. The summed E-state index contributed by atoms with van der Waals surface area (Å²) in [5, 5.41) is 45.3. The molecule has 0 unspecified atom stereocenters. The number of hydrogen-bond acceptors (Lipinski definition) is 22. The van der Waals surface area contributed by atoms with E-state index in [4.69, 9.17) is 24.7 Å². The summed E-state index contributed by atoms with van der Waals surface area (Å²) in [5.74, 6) is -4.77. The highest BCUT2D eigenvalue weighted by atomic mass is 32.1. The van der Waals surface area contributed by atoms with Crippen LogP contribution in [0, 0.1) is 18.8 Å². The Balaban J connectivity index is 1.12. The highest BCUT2D eigenvalue weighted by Gasteiger charge is 2.33. The number of carbonyl (C=O) groups excluding carboxylic acids is 6. The number of aliphatic carboxylic acids is 1. The van der Waals surface area contributed by atoms with Crippen molar-refractivity contribution in [1.82, 2.24) is 61.5 Å². The number of aliphatic hydroxyl groups is 1. The van der Waals surface area contributed by atoms with Gasteiger partial charge in [0.25, 0.3) is 17.7 Å². The molecule has 23 nitrogen and oxygen atoms in total. The summed E-state index contributed by atoms with van der Waals surface area (Å²) < 4.78 is 5.44. The van der Waals surface area contributed by atoms with Crippen molar-refractivity contribution in [3.8, 4) is 42.5 Å². The number of pyridine rings is 1. The molecule has 1 aliphatic heterocycles. The normalized spacial score (nSPS) is 16.7. The summed E-state index contributed by atoms with van der Waals surface area (Å²) in [6, 6.07) is 9.46. The minimum absolute atomic E-state index is 0.00120. The largest absolute Gasteiger partial charge is 0.481 e. The van der Waals surface area contributed by atoms with E-state index in [1.165, 1.54) is 70.8 Å². The van der Waals surface area contributed by atoms with Gasteiger partial charge >= 0.3 is 5.97 Å². The molecule has 7 aromatic heterocycles. The number of hydrogen-bond donors (Lipinski definition) is 8. The first-order valence-electron chi connectivity index (χ1n) is 25.9. The second kappa shape index (κ2) is 26.7. The predicted molar refractivity (Wildman–Crippen MR) is 316 cm³/mol. The number of benzene rings is 1. The summed E-state index contributed by atoms with van der Waals surface area (Å²) in [6.45, 7) is 6.76. The summed E-state index contributed by atoms with van der Waals surface area (Å²) in [4.78, 5) is 129. The Morgan fingerprint density at radius 3 is 2.25 bits per heavy atom. The third kappa shape index (κ3) is 14.1. The van der Waals surface area contributed by atoms with Gasteiger partial charge in [0.1, 0.15) is 70.8 Å². The van der Waals surface area contributed by atoms with Crippen molar-refractivity contribution in [2.75, 3.05) is 26.0 Å². The van der Waals surface area contributed by atoms with Crippen LogP contribution >= 0.6 is 68.0 Å². The molecular formula is C54H55N13O10S6. The maximum atomic E-state index is 14.3. The van der Waals surface area contributed by atoms with E-state index in [-0.39, 0.29) is 65.6 Å². The van der Waals surface area contributed by atoms with Crippen molar-refractivity contribution >= 4 is 115 Å². The van der Waals surface area contributed by atoms with Gasteiger partial charge in [-0.15, -0.1) is 68.0 Å². The van der Waals surface area contributed by atoms with Crippen LogP contribution in [0.4, 0.5) is 5.82 Å². The Morgan fingerprint density at radius 1 is 0.759 bits per heavy atom. The number of methoxy groups -OCH3 is 1. The highest BCUT2D eigenvalue weighted by Crippen LogP contribution is 2.42. The van der Waals surface area contributed by atoms with Crippen molar-refractivity contribution in [3.05, 3.63) is 112 Å². The van der Waals surface area contributed by atoms with Crippen molar-refractivity contribution in [2.45, 2.75) is 84.2 Å². The number of aliphatic hydroxyl groups excluding tert-OH is 1. The van der Waals surface area contributed by atoms with Crippen LogP contribution in [0.2, 0.25) is 0 Å². The van der Waals surface area contributed by atoms with Crippen molar-refractivity contribution in [2.24, 2.45) is 11.8 Å². The first-order chi connectivity index (χ1) is 39.9. The Morgan fingerprint density at radius 2 is 1.52 bits per heavy atom. The quantitative estimate of drug-likeness (QED) is 0.0509. The molecule has 10 bridgehead atoms. The molecule has 0 saturated heterocycles. The molecule has 9 rings (SSSR count). The molecule has 83 heavy (non-hydrogen) atoms. The van der Waals surface area contributed by atoms with Gasteiger partial charge in [0.05, 0.1) is 52.8 Å². The summed E-state index contributed by atoms with van der Waals surface area (Å²) in [7, 11) is 2.93. The molecule has 8 heterocycles. The fourth-order valence-corrected chi connectivity index (χ4v) is 14.3. The zero-order valence-corrected chi connectivity index (χ0v) is 50.2. The minimum Gasteiger partial charge on any atom is -0.481 e. The van der Waals surface area contributed by atoms with Crippen molar-refractivity contribution in [3.63, 3.8) is 0 Å². The number of aryl methyl sites for hydroxylation is 1. The van der Waals surface area contributed by atoms with Crippen LogP contribution in [0.1, 0.15) is 132 Å². The zero-order chi connectivity index (χ0) is 59.1. The van der Waals surface area contributed by atoms with Gasteiger partial charge in [-0.3, -0.25) is 33.6 Å². The number of ether oxygens (including phenoxy) is 1. The number of carboxylic acid groups (broad SMARTS) is 1. The topological polar surface area (TPSA) is 332 Å². The highest BCUT2D eigenvalue weighted by molar-refractivity contribution is 7.19. The van der Waals surface area contributed by atoms with E-state index in [9.17, 15) is 43.8 Å². The predicted octanol–water partition coefficient (Wildman–Crippen LogP) is 8.14. The lowest BCUT2D eigenvalue weighted by molar-refractivity contribution is -0.137. The Bertz CT molecular complexity index is 3700. The van der Waals surface area contributed by atoms with E-state index < -0.39 is 72.2 Å². The van der Waals surface area contributed by atoms with Crippen LogP contribution < -0.4 is 31.9 Å². The lowest BCUT2D eigenvalue weighted by Crippen LogP contribution is -2.40. The van der Waals surface area contributed by atoms with E-state index in [1.807, 2.05) is 20.8 Å². The van der Waals surface area contributed by atoms with E-state index in [0.717, 1.165) is 11.3 Å². The first-order valence-corrected chi connectivity index (χ1v) is 31.0. The smallest absolute Gasteiger partial charge is 0.303 e. The van der Waals surface area contributed by atoms with E-state index in [2.05, 4.69) is 46.9 Å². The van der Waals surface area contributed by atoms with Crippen LogP contribution in [-0.2, 0) is 30.5 Å². The first kappa shape index (κ1) is 60.0. The number of carboxylic acids is 1. The van der Waals surface area contributed by atoms with Crippen LogP contribution in [0.3, 0.4) is 0 Å². The Kier molecular flexibility index (Phi) is 19.3. The monoisotopic (exact) mass is 1240 g/mol. The number of nitrogens with zero attached hydrogens (tertiary/aromatic N) is 7. The van der Waals surface area contributed by atoms with Crippen LogP contribution in [-0.4, -0.2) is 107 Å². The summed E-state index contributed by atoms with van der Waals surface area (Å²) in [6.07, 6.45) is 0.560. The van der Waals surface area contributed by atoms with Gasteiger partial charge in [0.15, 0.2) is 0 Å². The number of anilines is 1. The molecule has 0 saturated carbocycles. The van der Waals surface area contributed by atoms with Gasteiger partial charge in [0.2, 0.25) is 17.7 Å². The van der Waals surface area contributed by atoms with Gasteiger partial charge in [0, 0.05) is 59.3 Å². The molecule has 0 fully saturated rings. The lowest BCUT2D eigenvalue weighted by Gasteiger charge is -2.23. The summed E-state index contributed by atoms with van der Waals surface area (Å²) in [5.41, 5.74) is 2.34. The standard InChI is InChI=1S/C54H55N13O10S6/c1-7-26(13-16-38(70)71)45(73)62-35-23-80-51(63-35)29-15-14-28-41(58-29)33-18-57-50(82-33)32-22-79-53(61-32)43(44(72)27-11-9-8-10-12-27)64-37(69)19-56-47(75)42-34(20-77-6)83-54(67-42)39(24(2)3)65-48(76)40-25(4)81-52(66-40)30(17-36(68)55-5)59-46(74)31-21-78-49(28)60-31/h8-12,14-15,18,21-24,26,30,39,43-44,72H,7,13,16-17,19-20H2,1-6H3,(H,55,68)(H,56,75)(H,59,74)(H,62,73)(H,64,69)(H,65,76)(H,70,71)/t26-,30+,39+,43+,44+/m1/s1. The van der Waals surface area contributed by atoms with E-state index >= 15 is 0 Å². The third-order valence-electron chi connectivity index (χ3n) is 13.1. The number of fused-ring (bicyclic) bond motifs is 14. The van der Waals surface area contributed by atoms with Crippen molar-refractivity contribution < 1.29 is 48.5 Å². The molecule has 29 heteroatoms.